The molecule has 148 valence electrons. The SMILES string of the molecule is CC[C@H](C)Oc1ccccc1C=Nc1sc2c(c1C#N)CC[C@@H](C(C)(C)C)C2. The molecule has 2 aromatic rings. The predicted molar refractivity (Wildman–Crippen MR) is 118 cm³/mol. The Bertz CT molecular complexity index is 898. The van der Waals surface area contributed by atoms with Crippen LogP contribution in [0.25, 0.3) is 0 Å². The zero-order valence-corrected chi connectivity index (χ0v) is 18.4. The van der Waals surface area contributed by atoms with Gasteiger partial charge in [0.25, 0.3) is 0 Å². The molecule has 0 fully saturated rings. The number of nitriles is 1. The third-order valence-electron chi connectivity index (χ3n) is 5.73. The average molecular weight is 395 g/mol. The van der Waals surface area contributed by atoms with Crippen LogP contribution in [0.1, 0.15) is 69.0 Å². The van der Waals surface area contributed by atoms with Gasteiger partial charge in [-0.1, -0.05) is 39.8 Å². The fourth-order valence-corrected chi connectivity index (χ4v) is 4.86. The summed E-state index contributed by atoms with van der Waals surface area (Å²) in [4.78, 5) is 6.07. The van der Waals surface area contributed by atoms with Crippen LogP contribution >= 0.6 is 11.3 Å². The first kappa shape index (κ1) is 20.6. The highest BCUT2D eigenvalue weighted by Gasteiger charge is 2.32. The van der Waals surface area contributed by atoms with E-state index < -0.39 is 0 Å². The highest BCUT2D eigenvalue weighted by molar-refractivity contribution is 7.16. The molecule has 28 heavy (non-hydrogen) atoms. The highest BCUT2D eigenvalue weighted by Crippen LogP contribution is 2.44. The second-order valence-corrected chi connectivity index (χ2v) is 9.82. The Morgan fingerprint density at radius 2 is 2.11 bits per heavy atom. The Morgan fingerprint density at radius 1 is 1.36 bits per heavy atom. The highest BCUT2D eigenvalue weighted by atomic mass is 32.1. The Morgan fingerprint density at radius 3 is 2.79 bits per heavy atom. The van der Waals surface area contributed by atoms with Crippen molar-refractivity contribution in [2.24, 2.45) is 16.3 Å². The van der Waals surface area contributed by atoms with Crippen molar-refractivity contribution in [1.82, 2.24) is 0 Å². The Labute approximate surface area is 173 Å². The molecule has 1 aromatic carbocycles. The number of benzene rings is 1. The molecule has 0 bridgehead atoms. The zero-order valence-electron chi connectivity index (χ0n) is 17.6. The van der Waals surface area contributed by atoms with Gasteiger partial charge in [0.2, 0.25) is 0 Å². The summed E-state index contributed by atoms with van der Waals surface area (Å²) in [6.45, 7) is 11.1. The lowest BCUT2D eigenvalue weighted by atomic mass is 9.72. The fraction of sp³-hybridized carbons (Fsp3) is 0.500. The molecule has 0 unspecified atom stereocenters. The number of nitrogens with zero attached hydrogens (tertiary/aromatic N) is 2. The third kappa shape index (κ3) is 4.47. The molecule has 4 heteroatoms. The van der Waals surface area contributed by atoms with Gasteiger partial charge in [-0.3, -0.25) is 0 Å². The normalized spacial score (nSPS) is 17.9. The number of thiophene rings is 1. The third-order valence-corrected chi connectivity index (χ3v) is 6.89. The van der Waals surface area contributed by atoms with E-state index in [0.29, 0.717) is 11.3 Å². The van der Waals surface area contributed by atoms with E-state index in [4.69, 9.17) is 9.73 Å². The molecule has 1 aliphatic carbocycles. The van der Waals surface area contributed by atoms with E-state index in [9.17, 15) is 5.26 Å². The van der Waals surface area contributed by atoms with E-state index in [-0.39, 0.29) is 6.10 Å². The van der Waals surface area contributed by atoms with E-state index in [0.717, 1.165) is 47.6 Å². The summed E-state index contributed by atoms with van der Waals surface area (Å²) >= 11 is 1.69. The number of hydrogen-bond donors (Lipinski definition) is 0. The standard InChI is InChI=1S/C24H30N2OS/c1-6-16(2)27-21-10-8-7-9-17(21)15-26-23-20(14-25)19-12-11-18(24(3,4)5)13-22(19)28-23/h7-10,15-16,18H,6,11-13H2,1-5H3/t16-,18+/m0/s1. The topological polar surface area (TPSA) is 45.4 Å². The van der Waals surface area contributed by atoms with Gasteiger partial charge in [0.1, 0.15) is 16.8 Å². The number of fused-ring (bicyclic) bond motifs is 1. The van der Waals surface area contributed by atoms with Gasteiger partial charge in [-0.15, -0.1) is 11.3 Å². The molecule has 1 aromatic heterocycles. The molecule has 3 rings (SSSR count). The molecule has 1 aliphatic rings. The van der Waals surface area contributed by atoms with Crippen LogP contribution in [0.2, 0.25) is 0 Å². The fourth-order valence-electron chi connectivity index (χ4n) is 3.64. The molecule has 2 atom stereocenters. The van der Waals surface area contributed by atoms with Crippen molar-refractivity contribution in [1.29, 1.82) is 5.26 Å². The van der Waals surface area contributed by atoms with E-state index in [1.165, 1.54) is 10.4 Å². The maximum atomic E-state index is 9.75. The summed E-state index contributed by atoms with van der Waals surface area (Å²) in [6, 6.07) is 10.4. The first-order valence-corrected chi connectivity index (χ1v) is 11.0. The molecule has 0 spiro atoms. The number of hydrogen-bond acceptors (Lipinski definition) is 4. The van der Waals surface area contributed by atoms with Gasteiger partial charge in [-0.05, 0) is 61.6 Å². The minimum Gasteiger partial charge on any atom is -0.490 e. The molecule has 0 saturated heterocycles. The van der Waals surface area contributed by atoms with Crippen molar-refractivity contribution in [3.05, 3.63) is 45.8 Å². The maximum Gasteiger partial charge on any atom is 0.134 e. The van der Waals surface area contributed by atoms with Crippen LogP contribution in [0, 0.1) is 22.7 Å². The molecular weight excluding hydrogens is 364 g/mol. The predicted octanol–water partition coefficient (Wildman–Crippen LogP) is 6.70. The summed E-state index contributed by atoms with van der Waals surface area (Å²) in [5.74, 6) is 1.50. The van der Waals surface area contributed by atoms with E-state index in [1.54, 1.807) is 11.3 Å². The average Bonchev–Trinajstić information content (AvgIpc) is 3.03. The number of rotatable bonds is 5. The molecular formula is C24H30N2OS. The Kier molecular flexibility index (Phi) is 6.25. The van der Waals surface area contributed by atoms with Gasteiger partial charge in [-0.25, -0.2) is 4.99 Å². The lowest BCUT2D eigenvalue weighted by Crippen LogP contribution is -2.26. The van der Waals surface area contributed by atoms with E-state index in [2.05, 4.69) is 40.7 Å². The minimum absolute atomic E-state index is 0.160. The van der Waals surface area contributed by atoms with Gasteiger partial charge < -0.3 is 4.74 Å². The molecule has 0 N–H and O–H groups in total. The smallest absolute Gasteiger partial charge is 0.134 e. The summed E-state index contributed by atoms with van der Waals surface area (Å²) in [5.41, 5.74) is 3.24. The lowest BCUT2D eigenvalue weighted by molar-refractivity contribution is 0.217. The molecule has 0 amide bonds. The van der Waals surface area contributed by atoms with Gasteiger partial charge in [0, 0.05) is 16.7 Å². The van der Waals surface area contributed by atoms with E-state index in [1.807, 2.05) is 30.5 Å². The van der Waals surface area contributed by atoms with Crippen LogP contribution in [-0.2, 0) is 12.8 Å². The first-order valence-electron chi connectivity index (χ1n) is 10.2. The van der Waals surface area contributed by atoms with Crippen LogP contribution in [0.3, 0.4) is 0 Å². The van der Waals surface area contributed by atoms with Crippen LogP contribution in [0.5, 0.6) is 5.75 Å². The summed E-state index contributed by atoms with van der Waals surface area (Å²) < 4.78 is 6.02. The molecule has 1 heterocycles. The van der Waals surface area contributed by atoms with Crippen LogP contribution in [-0.4, -0.2) is 12.3 Å². The quantitative estimate of drug-likeness (QED) is 0.530. The largest absolute Gasteiger partial charge is 0.490 e. The minimum atomic E-state index is 0.160. The lowest BCUT2D eigenvalue weighted by Gasteiger charge is -2.33. The number of ether oxygens (including phenoxy) is 1. The number of aliphatic imine (C=N–C) groups is 1. The van der Waals surface area contributed by atoms with Gasteiger partial charge in [-0.2, -0.15) is 5.26 Å². The second-order valence-electron chi connectivity index (χ2n) is 8.73. The summed E-state index contributed by atoms with van der Waals surface area (Å²) in [6.07, 6.45) is 6.15. The molecule has 0 aliphatic heterocycles. The van der Waals surface area contributed by atoms with Crippen molar-refractivity contribution in [2.45, 2.75) is 66.4 Å². The number of para-hydroxylation sites is 1. The monoisotopic (exact) mass is 394 g/mol. The van der Waals surface area contributed by atoms with Crippen molar-refractivity contribution in [3.63, 3.8) is 0 Å². The summed E-state index contributed by atoms with van der Waals surface area (Å²) in [5, 5.41) is 10.6. The maximum absolute atomic E-state index is 9.75. The van der Waals surface area contributed by atoms with E-state index >= 15 is 0 Å². The van der Waals surface area contributed by atoms with Gasteiger partial charge in [0.15, 0.2) is 0 Å². The first-order chi connectivity index (χ1) is 13.3. The van der Waals surface area contributed by atoms with Gasteiger partial charge in [0.05, 0.1) is 11.7 Å². The second kappa shape index (κ2) is 8.49. The van der Waals surface area contributed by atoms with Crippen LogP contribution in [0.4, 0.5) is 5.00 Å². The summed E-state index contributed by atoms with van der Waals surface area (Å²) in [7, 11) is 0. The van der Waals surface area contributed by atoms with Crippen molar-refractivity contribution >= 4 is 22.6 Å². The molecule has 3 nitrogen and oxygen atoms in total. The molecule has 0 saturated carbocycles. The van der Waals surface area contributed by atoms with Gasteiger partial charge >= 0.3 is 0 Å². The van der Waals surface area contributed by atoms with Crippen molar-refractivity contribution in [2.75, 3.05) is 0 Å². The Balaban J connectivity index is 1.89. The van der Waals surface area contributed by atoms with Crippen molar-refractivity contribution in [3.8, 4) is 11.8 Å². The Hall–Kier alpha value is -2.12. The van der Waals surface area contributed by atoms with Crippen LogP contribution < -0.4 is 4.74 Å². The van der Waals surface area contributed by atoms with Crippen LogP contribution in [0.15, 0.2) is 29.3 Å². The van der Waals surface area contributed by atoms with Crippen molar-refractivity contribution < 1.29 is 4.74 Å². The molecule has 0 radical (unpaired) electrons. The zero-order chi connectivity index (χ0) is 20.3.